The van der Waals surface area contributed by atoms with Gasteiger partial charge in [0.2, 0.25) is 0 Å². The highest BCUT2D eigenvalue weighted by Crippen LogP contribution is 2.17. The van der Waals surface area contributed by atoms with E-state index in [1.54, 1.807) is 0 Å². The molecule has 0 heterocycles. The number of carboxylic acid groups (broad SMARTS) is 1. The fourth-order valence-corrected chi connectivity index (χ4v) is 1.34. The zero-order chi connectivity index (χ0) is 11.3. The predicted molar refractivity (Wildman–Crippen MR) is 58.0 cm³/mol. The van der Waals surface area contributed by atoms with Crippen molar-refractivity contribution < 1.29 is 14.6 Å². The Hall–Kier alpha value is -1.35. The summed E-state index contributed by atoms with van der Waals surface area (Å²) >= 11 is 0. The van der Waals surface area contributed by atoms with Crippen LogP contribution in [0, 0.1) is 6.92 Å². The molecule has 0 amide bonds. The van der Waals surface area contributed by atoms with E-state index < -0.39 is 11.9 Å². The van der Waals surface area contributed by atoms with Crippen molar-refractivity contribution in [1.29, 1.82) is 0 Å². The molecule has 0 aliphatic rings. The molecule has 15 heavy (non-hydrogen) atoms. The molecule has 1 N–H and O–H groups in total. The summed E-state index contributed by atoms with van der Waals surface area (Å²) in [5.74, 6) is -1.40. The van der Waals surface area contributed by atoms with Crippen LogP contribution in [0.3, 0.4) is 0 Å². The molecule has 0 aliphatic heterocycles. The summed E-state index contributed by atoms with van der Waals surface area (Å²) in [6, 6.07) is 7.51. The number of carboxylic acids is 1. The lowest BCUT2D eigenvalue weighted by Gasteiger charge is -2.12. The van der Waals surface area contributed by atoms with Crippen LogP contribution >= 0.6 is 0 Å². The summed E-state index contributed by atoms with van der Waals surface area (Å²) in [5.41, 5.74) is 1.92. The van der Waals surface area contributed by atoms with Gasteiger partial charge in [0.15, 0.2) is 0 Å². The van der Waals surface area contributed by atoms with Crippen LogP contribution in [0.15, 0.2) is 24.3 Å². The molecule has 1 aromatic carbocycles. The Morgan fingerprint density at radius 3 is 2.47 bits per heavy atom. The third-order valence-electron chi connectivity index (χ3n) is 2.27. The molecule has 0 spiro atoms. The average molecular weight is 208 g/mol. The quantitative estimate of drug-likeness (QED) is 0.806. The maximum absolute atomic E-state index is 11.0. The minimum absolute atomic E-state index is 0.231. The van der Waals surface area contributed by atoms with Gasteiger partial charge < -0.3 is 9.84 Å². The highest BCUT2D eigenvalue weighted by molar-refractivity contribution is 5.76. The van der Waals surface area contributed by atoms with E-state index in [2.05, 4.69) is 0 Å². The Balaban J connectivity index is 2.79. The van der Waals surface area contributed by atoms with E-state index in [0.29, 0.717) is 6.61 Å². The van der Waals surface area contributed by atoms with Crippen molar-refractivity contribution in [3.05, 3.63) is 35.4 Å². The number of rotatable bonds is 5. The lowest BCUT2D eigenvalue weighted by Crippen LogP contribution is -2.17. The molecule has 0 aliphatic carbocycles. The molecule has 0 fully saturated rings. The molecule has 0 aromatic heterocycles. The zero-order valence-electron chi connectivity index (χ0n) is 9.06. The van der Waals surface area contributed by atoms with Gasteiger partial charge in [-0.25, -0.2) is 0 Å². The second-order valence-corrected chi connectivity index (χ2v) is 3.46. The monoisotopic (exact) mass is 208 g/mol. The van der Waals surface area contributed by atoms with Gasteiger partial charge in [0.05, 0.1) is 6.61 Å². The summed E-state index contributed by atoms with van der Waals surface area (Å²) in [6.07, 6.45) is 0. The molecule has 0 radical (unpaired) electrons. The Kier molecular flexibility index (Phi) is 4.31. The minimum Gasteiger partial charge on any atom is -0.481 e. The first-order chi connectivity index (χ1) is 7.15. The third kappa shape index (κ3) is 3.36. The molecule has 3 nitrogen and oxygen atoms in total. The first kappa shape index (κ1) is 11.7. The first-order valence-corrected chi connectivity index (χ1v) is 5.02. The van der Waals surface area contributed by atoms with Gasteiger partial charge in [0.1, 0.15) is 5.92 Å². The molecule has 0 saturated heterocycles. The molecule has 0 bridgehead atoms. The standard InChI is InChI=1S/C12H16O3/c1-3-15-8-11(12(13)14)10-6-4-9(2)5-7-10/h4-7,11H,3,8H2,1-2H3,(H,13,14). The molecule has 0 saturated carbocycles. The zero-order valence-corrected chi connectivity index (χ0v) is 9.06. The van der Waals surface area contributed by atoms with Gasteiger partial charge in [-0.3, -0.25) is 4.79 Å². The van der Waals surface area contributed by atoms with Gasteiger partial charge in [0, 0.05) is 6.61 Å². The van der Waals surface area contributed by atoms with Gasteiger partial charge in [-0.1, -0.05) is 29.8 Å². The summed E-state index contributed by atoms with van der Waals surface area (Å²) in [5, 5.41) is 9.04. The van der Waals surface area contributed by atoms with E-state index in [9.17, 15) is 4.79 Å². The third-order valence-corrected chi connectivity index (χ3v) is 2.27. The Labute approximate surface area is 89.7 Å². The van der Waals surface area contributed by atoms with E-state index in [0.717, 1.165) is 11.1 Å². The van der Waals surface area contributed by atoms with Crippen LogP contribution in [-0.4, -0.2) is 24.3 Å². The predicted octanol–water partition coefficient (Wildman–Crippen LogP) is 2.20. The van der Waals surface area contributed by atoms with Gasteiger partial charge in [-0.05, 0) is 19.4 Å². The largest absolute Gasteiger partial charge is 0.481 e. The molecular formula is C12H16O3. The molecular weight excluding hydrogens is 192 g/mol. The maximum atomic E-state index is 11.0. The van der Waals surface area contributed by atoms with Crippen molar-refractivity contribution in [1.82, 2.24) is 0 Å². The maximum Gasteiger partial charge on any atom is 0.313 e. The van der Waals surface area contributed by atoms with E-state index in [1.165, 1.54) is 0 Å². The van der Waals surface area contributed by atoms with Crippen LogP contribution in [0.25, 0.3) is 0 Å². The topological polar surface area (TPSA) is 46.5 Å². The normalized spacial score (nSPS) is 12.4. The van der Waals surface area contributed by atoms with E-state index in [4.69, 9.17) is 9.84 Å². The molecule has 1 aromatic rings. The van der Waals surface area contributed by atoms with E-state index in [-0.39, 0.29) is 6.61 Å². The van der Waals surface area contributed by atoms with Gasteiger partial charge >= 0.3 is 5.97 Å². The Morgan fingerprint density at radius 2 is 2.00 bits per heavy atom. The summed E-state index contributed by atoms with van der Waals surface area (Å²) in [4.78, 5) is 11.0. The van der Waals surface area contributed by atoms with Crippen molar-refractivity contribution >= 4 is 5.97 Å². The van der Waals surface area contributed by atoms with Gasteiger partial charge in [0.25, 0.3) is 0 Å². The minimum atomic E-state index is -0.840. The highest BCUT2D eigenvalue weighted by atomic mass is 16.5. The van der Waals surface area contributed by atoms with Gasteiger partial charge in [-0.2, -0.15) is 0 Å². The van der Waals surface area contributed by atoms with Crippen molar-refractivity contribution in [2.24, 2.45) is 0 Å². The average Bonchev–Trinajstić information content (AvgIpc) is 2.21. The second-order valence-electron chi connectivity index (χ2n) is 3.46. The molecule has 1 unspecified atom stereocenters. The van der Waals surface area contributed by atoms with E-state index in [1.807, 2.05) is 38.1 Å². The fourth-order valence-electron chi connectivity index (χ4n) is 1.34. The summed E-state index contributed by atoms with van der Waals surface area (Å²) in [6.45, 7) is 4.60. The molecule has 82 valence electrons. The van der Waals surface area contributed by atoms with Gasteiger partial charge in [-0.15, -0.1) is 0 Å². The number of ether oxygens (including phenoxy) is 1. The lowest BCUT2D eigenvalue weighted by molar-refractivity contribution is -0.140. The van der Waals surface area contributed by atoms with Crippen LogP contribution < -0.4 is 0 Å². The molecule has 3 heteroatoms. The van der Waals surface area contributed by atoms with Crippen LogP contribution in [0.4, 0.5) is 0 Å². The Bertz CT molecular complexity index is 316. The van der Waals surface area contributed by atoms with Crippen LogP contribution in [0.1, 0.15) is 24.0 Å². The number of carbonyl (C=O) groups is 1. The molecule has 1 atom stereocenters. The van der Waals surface area contributed by atoms with Crippen molar-refractivity contribution in [3.8, 4) is 0 Å². The van der Waals surface area contributed by atoms with E-state index >= 15 is 0 Å². The number of hydrogen-bond donors (Lipinski definition) is 1. The summed E-state index contributed by atoms with van der Waals surface area (Å²) < 4.78 is 5.16. The molecule has 1 rings (SSSR count). The van der Waals surface area contributed by atoms with Crippen LogP contribution in [0.5, 0.6) is 0 Å². The number of aliphatic carboxylic acids is 1. The smallest absolute Gasteiger partial charge is 0.313 e. The van der Waals surface area contributed by atoms with Crippen molar-refractivity contribution in [2.45, 2.75) is 19.8 Å². The highest BCUT2D eigenvalue weighted by Gasteiger charge is 2.19. The Morgan fingerprint density at radius 1 is 1.40 bits per heavy atom. The van der Waals surface area contributed by atoms with Crippen LogP contribution in [-0.2, 0) is 9.53 Å². The number of benzene rings is 1. The number of aryl methyl sites for hydroxylation is 1. The second kappa shape index (κ2) is 5.51. The van der Waals surface area contributed by atoms with Crippen molar-refractivity contribution in [2.75, 3.05) is 13.2 Å². The fraction of sp³-hybridized carbons (Fsp3) is 0.417. The SMILES string of the molecule is CCOCC(C(=O)O)c1ccc(C)cc1. The summed E-state index contributed by atoms with van der Waals surface area (Å²) in [7, 11) is 0. The lowest BCUT2D eigenvalue weighted by atomic mass is 9.99. The number of hydrogen-bond acceptors (Lipinski definition) is 2. The van der Waals surface area contributed by atoms with Crippen molar-refractivity contribution in [3.63, 3.8) is 0 Å². The van der Waals surface area contributed by atoms with Crippen LogP contribution in [0.2, 0.25) is 0 Å². The first-order valence-electron chi connectivity index (χ1n) is 5.02.